The fourth-order valence-corrected chi connectivity index (χ4v) is 5.14. The van der Waals surface area contributed by atoms with Crippen molar-refractivity contribution in [3.8, 4) is 0 Å². The molecule has 0 heterocycles. The quantitative estimate of drug-likeness (QED) is 0.256. The minimum atomic E-state index is -0.952. The van der Waals surface area contributed by atoms with Gasteiger partial charge in [0.25, 0.3) is 0 Å². The molecule has 0 spiro atoms. The number of carbonyl (C=O) groups is 4. The Morgan fingerprint density at radius 1 is 0.830 bits per heavy atom. The fraction of sp³-hybridized carbons (Fsp3) is 0.405. The van der Waals surface area contributed by atoms with Gasteiger partial charge < -0.3 is 25.2 Å². The third-order valence-electron chi connectivity index (χ3n) is 7.78. The van der Waals surface area contributed by atoms with Crippen molar-refractivity contribution in [1.29, 1.82) is 0 Å². The molecular formula is C37H47FN4O5. The maximum absolute atomic E-state index is 14.2. The first-order valence-electron chi connectivity index (χ1n) is 15.6. The number of likely N-dealkylation sites (N-methyl/N-ethyl adjacent to an activating group) is 3. The first kappa shape index (κ1) is 36.7. The zero-order valence-corrected chi connectivity index (χ0v) is 28.6. The summed E-state index contributed by atoms with van der Waals surface area (Å²) in [6, 6.07) is 17.7. The monoisotopic (exact) mass is 646 g/mol. The molecule has 3 aromatic carbocycles. The lowest BCUT2D eigenvalue weighted by atomic mass is 9.98. The van der Waals surface area contributed by atoms with Gasteiger partial charge in [0, 0.05) is 39.5 Å². The van der Waals surface area contributed by atoms with E-state index in [4.69, 9.17) is 4.74 Å². The minimum Gasteiger partial charge on any atom is -0.444 e. The summed E-state index contributed by atoms with van der Waals surface area (Å²) in [6.45, 7) is 8.97. The number of alkyl carbamates (subject to hydrolysis) is 1. The molecule has 47 heavy (non-hydrogen) atoms. The van der Waals surface area contributed by atoms with Crippen molar-refractivity contribution in [2.75, 3.05) is 21.1 Å². The van der Waals surface area contributed by atoms with Crippen molar-refractivity contribution in [1.82, 2.24) is 20.4 Å². The van der Waals surface area contributed by atoms with Crippen LogP contribution in [0.1, 0.15) is 52.2 Å². The Kier molecular flexibility index (Phi) is 12.3. The minimum absolute atomic E-state index is 0.155. The zero-order chi connectivity index (χ0) is 34.9. The molecule has 2 atom stereocenters. The Balaban J connectivity index is 1.87. The van der Waals surface area contributed by atoms with Gasteiger partial charge in [-0.15, -0.1) is 0 Å². The van der Waals surface area contributed by atoms with Gasteiger partial charge in [-0.2, -0.15) is 0 Å². The van der Waals surface area contributed by atoms with Crippen LogP contribution < -0.4 is 10.6 Å². The number of rotatable bonds is 12. The molecule has 0 radical (unpaired) electrons. The van der Waals surface area contributed by atoms with Crippen LogP contribution in [-0.4, -0.2) is 78.0 Å². The first-order valence-corrected chi connectivity index (χ1v) is 15.6. The van der Waals surface area contributed by atoms with E-state index in [1.807, 2.05) is 56.3 Å². The number of amides is 4. The molecule has 3 aromatic rings. The smallest absolute Gasteiger partial charge is 0.408 e. The van der Waals surface area contributed by atoms with Crippen LogP contribution in [0.15, 0.2) is 78.9 Å². The van der Waals surface area contributed by atoms with Gasteiger partial charge in [0.15, 0.2) is 0 Å². The second kappa shape index (κ2) is 15.7. The van der Waals surface area contributed by atoms with Gasteiger partial charge in [-0.1, -0.05) is 60.7 Å². The van der Waals surface area contributed by atoms with Crippen LogP contribution in [0.5, 0.6) is 0 Å². The molecule has 0 saturated carbocycles. The van der Waals surface area contributed by atoms with E-state index in [1.54, 1.807) is 46.0 Å². The number of halogens is 1. The summed E-state index contributed by atoms with van der Waals surface area (Å²) in [6.07, 6.45) is 3.16. The molecule has 3 rings (SSSR count). The van der Waals surface area contributed by atoms with E-state index in [9.17, 15) is 23.6 Å². The lowest BCUT2D eigenvalue weighted by molar-refractivity contribution is -0.146. The van der Waals surface area contributed by atoms with E-state index < -0.39 is 46.9 Å². The Morgan fingerprint density at radius 3 is 2.04 bits per heavy atom. The lowest BCUT2D eigenvalue weighted by Crippen LogP contribution is -2.55. The van der Waals surface area contributed by atoms with Crippen LogP contribution in [0.4, 0.5) is 9.18 Å². The highest BCUT2D eigenvalue weighted by molar-refractivity contribution is 5.95. The molecule has 0 fully saturated rings. The summed E-state index contributed by atoms with van der Waals surface area (Å²) >= 11 is 0. The molecule has 4 amide bonds. The molecule has 10 heteroatoms. The molecular weight excluding hydrogens is 599 g/mol. The van der Waals surface area contributed by atoms with Crippen molar-refractivity contribution < 1.29 is 28.3 Å². The Labute approximate surface area is 277 Å². The van der Waals surface area contributed by atoms with Gasteiger partial charge in [-0.25, -0.2) is 9.18 Å². The van der Waals surface area contributed by atoms with Gasteiger partial charge in [0.2, 0.25) is 17.7 Å². The summed E-state index contributed by atoms with van der Waals surface area (Å²) in [7, 11) is 4.59. The van der Waals surface area contributed by atoms with Crippen LogP contribution in [0.25, 0.3) is 10.8 Å². The molecule has 0 aromatic heterocycles. The molecule has 0 saturated heterocycles. The van der Waals surface area contributed by atoms with Crippen molar-refractivity contribution in [2.45, 2.75) is 77.1 Å². The number of ether oxygens (including phenoxy) is 1. The third kappa shape index (κ3) is 10.9. The average molecular weight is 647 g/mol. The molecule has 0 bridgehead atoms. The van der Waals surface area contributed by atoms with Gasteiger partial charge in [-0.3, -0.25) is 14.4 Å². The zero-order valence-electron chi connectivity index (χ0n) is 28.6. The van der Waals surface area contributed by atoms with E-state index in [1.165, 1.54) is 42.1 Å². The number of fused-ring (bicyclic) bond motifs is 1. The van der Waals surface area contributed by atoms with E-state index in [2.05, 4.69) is 10.6 Å². The fourth-order valence-electron chi connectivity index (χ4n) is 5.14. The van der Waals surface area contributed by atoms with Gasteiger partial charge in [-0.05, 0) is 81.1 Å². The van der Waals surface area contributed by atoms with E-state index >= 15 is 0 Å². The first-order chi connectivity index (χ1) is 22.0. The Morgan fingerprint density at radius 2 is 1.43 bits per heavy atom. The second-order valence-corrected chi connectivity index (χ2v) is 13.4. The van der Waals surface area contributed by atoms with E-state index in [-0.39, 0.29) is 18.7 Å². The molecule has 0 unspecified atom stereocenters. The summed E-state index contributed by atoms with van der Waals surface area (Å²) in [5.74, 6) is -1.63. The van der Waals surface area contributed by atoms with Crippen LogP contribution >= 0.6 is 0 Å². The summed E-state index contributed by atoms with van der Waals surface area (Å²) in [5.41, 5.74) is 0.168. The molecule has 0 aliphatic heterocycles. The number of nitrogens with one attached hydrogen (secondary N) is 2. The van der Waals surface area contributed by atoms with Crippen molar-refractivity contribution in [2.24, 2.45) is 0 Å². The number of hydrogen-bond donors (Lipinski definition) is 2. The van der Waals surface area contributed by atoms with Crippen LogP contribution in [-0.2, 0) is 32.0 Å². The number of benzene rings is 3. The van der Waals surface area contributed by atoms with Gasteiger partial charge in [0.1, 0.15) is 23.5 Å². The lowest BCUT2D eigenvalue weighted by Gasteiger charge is -2.34. The highest BCUT2D eigenvalue weighted by Crippen LogP contribution is 2.21. The molecule has 9 nitrogen and oxygen atoms in total. The Hall–Kier alpha value is -4.73. The van der Waals surface area contributed by atoms with E-state index in [0.29, 0.717) is 12.0 Å². The van der Waals surface area contributed by atoms with Gasteiger partial charge in [0.05, 0.1) is 0 Å². The second-order valence-electron chi connectivity index (χ2n) is 13.4. The molecule has 2 N–H and O–H groups in total. The number of hydrogen-bond acceptors (Lipinski definition) is 5. The Bertz CT molecular complexity index is 1600. The normalized spacial score (nSPS) is 13.1. The van der Waals surface area contributed by atoms with Gasteiger partial charge >= 0.3 is 6.09 Å². The van der Waals surface area contributed by atoms with Crippen LogP contribution in [0.2, 0.25) is 0 Å². The SMILES string of the molecule is CNC(=O)[C@@H](Cc1ccc(F)cc1)N(C)C(=O)[C@@H](Cc1ccc2ccccc2c1)N(C)C(=O)C=CCC(C)(C)NC(=O)OC(C)(C)C. The summed E-state index contributed by atoms with van der Waals surface area (Å²) in [4.78, 5) is 55.8. The van der Waals surface area contributed by atoms with Crippen molar-refractivity contribution in [3.05, 3.63) is 95.8 Å². The number of nitrogens with zero attached hydrogens (tertiary/aromatic N) is 2. The van der Waals surface area contributed by atoms with Crippen LogP contribution in [0, 0.1) is 5.82 Å². The maximum atomic E-state index is 14.2. The average Bonchev–Trinajstić information content (AvgIpc) is 3.00. The molecule has 0 aliphatic carbocycles. The topological polar surface area (TPSA) is 108 Å². The highest BCUT2D eigenvalue weighted by Gasteiger charge is 2.34. The summed E-state index contributed by atoms with van der Waals surface area (Å²) < 4.78 is 18.9. The van der Waals surface area contributed by atoms with Crippen molar-refractivity contribution in [3.63, 3.8) is 0 Å². The van der Waals surface area contributed by atoms with Crippen molar-refractivity contribution >= 4 is 34.6 Å². The predicted molar refractivity (Wildman–Crippen MR) is 182 cm³/mol. The van der Waals surface area contributed by atoms with Crippen LogP contribution in [0.3, 0.4) is 0 Å². The largest absolute Gasteiger partial charge is 0.444 e. The third-order valence-corrected chi connectivity index (χ3v) is 7.78. The highest BCUT2D eigenvalue weighted by atomic mass is 19.1. The molecule has 0 aliphatic rings. The standard InChI is InChI=1S/C37H47FN4O5/c1-36(2,3)47-35(46)40-37(4,5)21-11-14-32(43)41(7)31(24-26-15-18-27-12-9-10-13-28(27)22-26)34(45)42(8)30(33(44)39-6)23-25-16-19-29(38)20-17-25/h9-20,22,30-31H,21,23-24H2,1-8H3,(H,39,44)(H,40,46)/t30-,31-/m1/s1. The number of carbonyl (C=O) groups excluding carboxylic acids is 4. The predicted octanol–water partition coefficient (Wildman–Crippen LogP) is 5.41. The maximum Gasteiger partial charge on any atom is 0.408 e. The molecule has 252 valence electrons. The van der Waals surface area contributed by atoms with E-state index in [0.717, 1.165) is 16.3 Å². The summed E-state index contributed by atoms with van der Waals surface area (Å²) in [5, 5.41) is 7.48.